The van der Waals surface area contributed by atoms with Crippen LogP contribution in [-0.4, -0.2) is 30.6 Å². The van der Waals surface area contributed by atoms with Crippen molar-refractivity contribution in [3.8, 4) is 11.8 Å². The number of nitriles is 1. The maximum Gasteiger partial charge on any atom is 0.349 e. The molecule has 1 aromatic rings. The molecule has 1 rings (SSSR count). The van der Waals surface area contributed by atoms with Gasteiger partial charge in [-0.05, 0) is 23.8 Å². The molecule has 2 N–H and O–H groups in total. The van der Waals surface area contributed by atoms with E-state index in [1.807, 2.05) is 0 Å². The number of phenols is 1. The minimum absolute atomic E-state index is 0.0813. The van der Waals surface area contributed by atoms with Gasteiger partial charge in [0, 0.05) is 7.05 Å². The van der Waals surface area contributed by atoms with Crippen LogP contribution < -0.4 is 5.32 Å². The first kappa shape index (κ1) is 14.3. The van der Waals surface area contributed by atoms with Crippen molar-refractivity contribution < 1.29 is 19.4 Å². The smallest absolute Gasteiger partial charge is 0.349 e. The second-order valence-corrected chi connectivity index (χ2v) is 3.51. The summed E-state index contributed by atoms with van der Waals surface area (Å²) in [6.07, 6.45) is 1.31. The number of hydrogen-bond donors (Lipinski definition) is 2. The standard InChI is InChI=1S/C13H12N2O4/c1-15-12(17)8-19-13(18)10(7-14)6-9-2-4-11(16)5-3-9/h2-6,16H,8H2,1H3,(H,15,17)/b10-6-. The van der Waals surface area contributed by atoms with E-state index in [0.717, 1.165) is 0 Å². The van der Waals surface area contributed by atoms with Gasteiger partial charge in [0.25, 0.3) is 5.91 Å². The van der Waals surface area contributed by atoms with Crippen molar-refractivity contribution >= 4 is 18.0 Å². The highest BCUT2D eigenvalue weighted by Crippen LogP contribution is 2.13. The van der Waals surface area contributed by atoms with Gasteiger partial charge in [-0.3, -0.25) is 4.79 Å². The Bertz CT molecular complexity index is 541. The molecule has 0 atom stereocenters. The van der Waals surface area contributed by atoms with Crippen LogP contribution in [0.5, 0.6) is 5.75 Å². The topological polar surface area (TPSA) is 99.4 Å². The molecule has 0 heterocycles. The Kier molecular flexibility index (Phi) is 5.11. The second kappa shape index (κ2) is 6.81. The minimum Gasteiger partial charge on any atom is -0.508 e. The van der Waals surface area contributed by atoms with Gasteiger partial charge in [0.15, 0.2) is 6.61 Å². The maximum atomic E-state index is 11.5. The molecule has 98 valence electrons. The van der Waals surface area contributed by atoms with Crippen LogP contribution in [0.4, 0.5) is 0 Å². The van der Waals surface area contributed by atoms with Crippen molar-refractivity contribution in [3.05, 3.63) is 35.4 Å². The third-order valence-electron chi connectivity index (χ3n) is 2.16. The van der Waals surface area contributed by atoms with E-state index < -0.39 is 18.5 Å². The molecule has 0 aliphatic heterocycles. The molecule has 6 heteroatoms. The van der Waals surface area contributed by atoms with E-state index in [9.17, 15) is 9.59 Å². The zero-order chi connectivity index (χ0) is 14.3. The number of aromatic hydroxyl groups is 1. The zero-order valence-electron chi connectivity index (χ0n) is 10.2. The van der Waals surface area contributed by atoms with Crippen LogP contribution in [0.1, 0.15) is 5.56 Å². The molecule has 0 aliphatic rings. The zero-order valence-corrected chi connectivity index (χ0v) is 10.2. The van der Waals surface area contributed by atoms with Crippen molar-refractivity contribution in [3.63, 3.8) is 0 Å². The molecule has 0 fully saturated rings. The summed E-state index contributed by atoms with van der Waals surface area (Å²) in [6.45, 7) is -0.441. The van der Waals surface area contributed by atoms with E-state index in [2.05, 4.69) is 10.1 Å². The SMILES string of the molecule is CNC(=O)COC(=O)/C(C#N)=C\c1ccc(O)cc1. The largest absolute Gasteiger partial charge is 0.508 e. The summed E-state index contributed by atoms with van der Waals surface area (Å²) in [5, 5.41) is 20.3. The van der Waals surface area contributed by atoms with E-state index >= 15 is 0 Å². The summed E-state index contributed by atoms with van der Waals surface area (Å²) in [5.74, 6) is -1.26. The fourth-order valence-electron chi connectivity index (χ4n) is 1.16. The number of benzene rings is 1. The average molecular weight is 260 g/mol. The van der Waals surface area contributed by atoms with E-state index in [1.54, 1.807) is 18.2 Å². The van der Waals surface area contributed by atoms with E-state index in [1.165, 1.54) is 25.3 Å². The van der Waals surface area contributed by atoms with Crippen molar-refractivity contribution in [2.45, 2.75) is 0 Å². The highest BCUT2D eigenvalue weighted by atomic mass is 16.5. The molecule has 19 heavy (non-hydrogen) atoms. The van der Waals surface area contributed by atoms with E-state index in [4.69, 9.17) is 10.4 Å². The first-order valence-electron chi connectivity index (χ1n) is 5.35. The average Bonchev–Trinajstić information content (AvgIpc) is 2.43. The Morgan fingerprint density at radius 2 is 2.05 bits per heavy atom. The highest BCUT2D eigenvalue weighted by Gasteiger charge is 2.12. The summed E-state index contributed by atoms with van der Waals surface area (Å²) in [5.41, 5.74) is 0.334. The molecule has 0 unspecified atom stereocenters. The van der Waals surface area contributed by atoms with Crippen molar-refractivity contribution in [1.82, 2.24) is 5.32 Å². The predicted molar refractivity (Wildman–Crippen MR) is 66.7 cm³/mol. The van der Waals surface area contributed by atoms with Gasteiger partial charge in [0.05, 0.1) is 0 Å². The third-order valence-corrected chi connectivity index (χ3v) is 2.16. The van der Waals surface area contributed by atoms with Gasteiger partial charge < -0.3 is 15.2 Å². The summed E-state index contributed by atoms with van der Waals surface area (Å²) in [6, 6.07) is 7.63. The molecule has 0 aromatic heterocycles. The molecule has 0 bridgehead atoms. The fourth-order valence-corrected chi connectivity index (χ4v) is 1.16. The van der Waals surface area contributed by atoms with Crippen LogP contribution in [0, 0.1) is 11.3 Å². The molecule has 0 radical (unpaired) electrons. The number of esters is 1. The minimum atomic E-state index is -0.876. The number of carbonyl (C=O) groups excluding carboxylic acids is 2. The first-order valence-corrected chi connectivity index (χ1v) is 5.35. The number of ether oxygens (including phenoxy) is 1. The quantitative estimate of drug-likeness (QED) is 0.469. The van der Waals surface area contributed by atoms with Gasteiger partial charge in [-0.2, -0.15) is 5.26 Å². The first-order chi connectivity index (χ1) is 9.06. The Morgan fingerprint density at radius 3 is 2.58 bits per heavy atom. The second-order valence-electron chi connectivity index (χ2n) is 3.51. The lowest BCUT2D eigenvalue weighted by Gasteiger charge is -2.02. The van der Waals surface area contributed by atoms with Crippen molar-refractivity contribution in [2.75, 3.05) is 13.7 Å². The Morgan fingerprint density at radius 1 is 1.42 bits per heavy atom. The number of nitrogens with zero attached hydrogens (tertiary/aromatic N) is 1. The number of rotatable bonds is 4. The molecule has 0 saturated carbocycles. The molecular formula is C13H12N2O4. The number of carbonyl (C=O) groups is 2. The van der Waals surface area contributed by atoms with Crippen LogP contribution in [-0.2, 0) is 14.3 Å². The van der Waals surface area contributed by atoms with Crippen LogP contribution >= 0.6 is 0 Å². The number of amides is 1. The normalized spacial score (nSPS) is 10.4. The van der Waals surface area contributed by atoms with Gasteiger partial charge in [0.1, 0.15) is 17.4 Å². The van der Waals surface area contributed by atoms with Crippen molar-refractivity contribution in [2.24, 2.45) is 0 Å². The number of likely N-dealkylation sites (N-methyl/N-ethyl adjacent to an activating group) is 1. The van der Waals surface area contributed by atoms with Gasteiger partial charge in [0.2, 0.25) is 0 Å². The molecule has 0 saturated heterocycles. The summed E-state index contributed by atoms with van der Waals surface area (Å²) < 4.78 is 4.65. The monoisotopic (exact) mass is 260 g/mol. The van der Waals surface area contributed by atoms with Gasteiger partial charge >= 0.3 is 5.97 Å². The van der Waals surface area contributed by atoms with Gasteiger partial charge in [-0.1, -0.05) is 12.1 Å². The van der Waals surface area contributed by atoms with Crippen LogP contribution in [0.2, 0.25) is 0 Å². The van der Waals surface area contributed by atoms with Crippen LogP contribution in [0.25, 0.3) is 6.08 Å². The highest BCUT2D eigenvalue weighted by molar-refractivity contribution is 5.98. The summed E-state index contributed by atoms with van der Waals surface area (Å²) in [7, 11) is 1.41. The van der Waals surface area contributed by atoms with Crippen LogP contribution in [0.3, 0.4) is 0 Å². The summed E-state index contributed by atoms with van der Waals surface area (Å²) in [4.78, 5) is 22.4. The van der Waals surface area contributed by atoms with E-state index in [0.29, 0.717) is 5.56 Å². The van der Waals surface area contributed by atoms with E-state index in [-0.39, 0.29) is 11.3 Å². The lowest BCUT2D eigenvalue weighted by atomic mass is 10.1. The maximum absolute atomic E-state index is 11.5. The Balaban J connectivity index is 2.77. The Hall–Kier alpha value is -2.81. The fraction of sp³-hybridized carbons (Fsp3) is 0.154. The van der Waals surface area contributed by atoms with Crippen molar-refractivity contribution in [1.29, 1.82) is 5.26 Å². The number of nitrogens with one attached hydrogen (secondary N) is 1. The lowest BCUT2D eigenvalue weighted by Crippen LogP contribution is -2.25. The lowest BCUT2D eigenvalue weighted by molar-refractivity contribution is -0.144. The third kappa shape index (κ3) is 4.52. The molecule has 0 spiro atoms. The van der Waals surface area contributed by atoms with Gasteiger partial charge in [-0.15, -0.1) is 0 Å². The molecule has 1 amide bonds. The molecular weight excluding hydrogens is 248 g/mol. The molecule has 0 aliphatic carbocycles. The number of phenolic OH excluding ortho intramolecular Hbond substituents is 1. The predicted octanol–water partition coefficient (Wildman–Crippen LogP) is 0.588. The van der Waals surface area contributed by atoms with Crippen LogP contribution in [0.15, 0.2) is 29.8 Å². The number of hydrogen-bond acceptors (Lipinski definition) is 5. The van der Waals surface area contributed by atoms with Gasteiger partial charge in [-0.25, -0.2) is 4.79 Å². The molecule has 6 nitrogen and oxygen atoms in total. The summed E-state index contributed by atoms with van der Waals surface area (Å²) >= 11 is 0. The Labute approximate surface area is 109 Å². The molecule has 1 aromatic carbocycles.